The van der Waals surface area contributed by atoms with Crippen molar-refractivity contribution in [2.24, 2.45) is 17.6 Å². The van der Waals surface area contributed by atoms with Crippen LogP contribution in [-0.4, -0.2) is 55.1 Å². The van der Waals surface area contributed by atoms with Gasteiger partial charge in [0, 0.05) is 13.0 Å². The van der Waals surface area contributed by atoms with Crippen LogP contribution in [0.4, 0.5) is 4.79 Å². The molecule has 1 aromatic rings. The van der Waals surface area contributed by atoms with Gasteiger partial charge in [-0.1, -0.05) is 50.6 Å². The van der Waals surface area contributed by atoms with Crippen molar-refractivity contribution in [1.29, 1.82) is 0 Å². The molecule has 0 saturated heterocycles. The standard InChI is InChI=1S/C28H45N3O6/c1-19(2)16-23(31-25(33)22(29)17-20-12-8-7-9-13-20)24(32)18-21(26(34)36-6)14-10-11-15-30-27(35)37-28(3,4)5/h7-9,12-13,19,21-23H,10-11,14-18,29H2,1-6H3,(H,30,35)(H,31,33)/t21-,22+,23+/m0/s1. The molecule has 0 unspecified atom stereocenters. The topological polar surface area (TPSA) is 137 Å². The van der Waals surface area contributed by atoms with Gasteiger partial charge in [-0.2, -0.15) is 0 Å². The summed E-state index contributed by atoms with van der Waals surface area (Å²) in [6, 6.07) is 7.91. The smallest absolute Gasteiger partial charge is 0.407 e. The number of hydrogen-bond donors (Lipinski definition) is 3. The van der Waals surface area contributed by atoms with Crippen LogP contribution in [0, 0.1) is 11.8 Å². The van der Waals surface area contributed by atoms with E-state index in [-0.39, 0.29) is 18.1 Å². The zero-order chi connectivity index (χ0) is 28.0. The molecule has 9 heteroatoms. The summed E-state index contributed by atoms with van der Waals surface area (Å²) in [6.45, 7) is 9.68. The average Bonchev–Trinajstić information content (AvgIpc) is 2.81. The predicted molar refractivity (Wildman–Crippen MR) is 143 cm³/mol. The number of ketones is 1. The number of nitrogens with one attached hydrogen (secondary N) is 2. The fourth-order valence-electron chi connectivity index (χ4n) is 3.86. The Morgan fingerprint density at radius 1 is 1.03 bits per heavy atom. The normalized spacial score (nSPS) is 13.8. The van der Waals surface area contributed by atoms with Crippen molar-refractivity contribution in [2.75, 3.05) is 13.7 Å². The highest BCUT2D eigenvalue weighted by Crippen LogP contribution is 2.19. The van der Waals surface area contributed by atoms with Crippen LogP contribution in [0.15, 0.2) is 30.3 Å². The van der Waals surface area contributed by atoms with Crippen molar-refractivity contribution >= 4 is 23.8 Å². The summed E-state index contributed by atoms with van der Waals surface area (Å²) in [5.41, 5.74) is 6.47. The van der Waals surface area contributed by atoms with E-state index < -0.39 is 41.6 Å². The van der Waals surface area contributed by atoms with Gasteiger partial charge in [0.15, 0.2) is 5.78 Å². The number of nitrogens with two attached hydrogens (primary N) is 1. The summed E-state index contributed by atoms with van der Waals surface area (Å²) >= 11 is 0. The molecule has 9 nitrogen and oxygen atoms in total. The summed E-state index contributed by atoms with van der Waals surface area (Å²) in [4.78, 5) is 50.1. The van der Waals surface area contributed by atoms with E-state index in [9.17, 15) is 19.2 Å². The van der Waals surface area contributed by atoms with E-state index in [1.54, 1.807) is 20.8 Å². The first kappa shape index (κ1) is 32.1. The summed E-state index contributed by atoms with van der Waals surface area (Å²) < 4.78 is 10.1. The molecule has 1 aromatic carbocycles. The highest BCUT2D eigenvalue weighted by Gasteiger charge is 2.29. The number of esters is 1. The summed E-state index contributed by atoms with van der Waals surface area (Å²) in [5, 5.41) is 5.49. The van der Waals surface area contributed by atoms with Crippen molar-refractivity contribution in [2.45, 2.75) is 90.8 Å². The number of Topliss-reactive ketones (excluding diaryl/α,β-unsaturated/α-hetero) is 1. The second-order valence-corrected chi connectivity index (χ2v) is 10.8. The Morgan fingerprint density at radius 3 is 2.24 bits per heavy atom. The monoisotopic (exact) mass is 519 g/mol. The number of methoxy groups -OCH3 is 1. The SMILES string of the molecule is COC(=O)[C@@H](CCCCNC(=O)OC(C)(C)C)CC(=O)[C@@H](CC(C)C)NC(=O)[C@H](N)Cc1ccccc1. The number of carbonyl (C=O) groups is 4. The Labute approximate surface area is 221 Å². The van der Waals surface area contributed by atoms with E-state index in [1.807, 2.05) is 44.2 Å². The molecule has 0 aromatic heterocycles. The van der Waals surface area contributed by atoms with Crippen LogP contribution in [0.25, 0.3) is 0 Å². The number of amides is 2. The van der Waals surface area contributed by atoms with Crippen molar-refractivity contribution in [1.82, 2.24) is 10.6 Å². The van der Waals surface area contributed by atoms with Gasteiger partial charge < -0.3 is 25.8 Å². The molecule has 0 spiro atoms. The van der Waals surface area contributed by atoms with Gasteiger partial charge in [0.2, 0.25) is 5.91 Å². The number of hydrogen-bond acceptors (Lipinski definition) is 7. The lowest BCUT2D eigenvalue weighted by Gasteiger charge is -2.23. The Balaban J connectivity index is 2.68. The number of ether oxygens (including phenoxy) is 2. The second-order valence-electron chi connectivity index (χ2n) is 10.8. The minimum atomic E-state index is -0.793. The first-order valence-corrected chi connectivity index (χ1v) is 13.0. The van der Waals surface area contributed by atoms with E-state index in [0.717, 1.165) is 5.56 Å². The van der Waals surface area contributed by atoms with Crippen molar-refractivity contribution in [3.63, 3.8) is 0 Å². The molecule has 37 heavy (non-hydrogen) atoms. The number of benzene rings is 1. The third-order valence-electron chi connectivity index (χ3n) is 5.68. The molecule has 0 aliphatic rings. The maximum Gasteiger partial charge on any atom is 0.407 e. The van der Waals surface area contributed by atoms with Gasteiger partial charge >= 0.3 is 12.1 Å². The Hall–Kier alpha value is -2.94. The summed E-state index contributed by atoms with van der Waals surface area (Å²) in [7, 11) is 1.29. The lowest BCUT2D eigenvalue weighted by atomic mass is 9.90. The van der Waals surface area contributed by atoms with Crippen LogP contribution < -0.4 is 16.4 Å². The van der Waals surface area contributed by atoms with Crippen LogP contribution in [0.5, 0.6) is 0 Å². The minimum Gasteiger partial charge on any atom is -0.469 e. The van der Waals surface area contributed by atoms with Gasteiger partial charge in [-0.25, -0.2) is 4.79 Å². The van der Waals surface area contributed by atoms with Crippen molar-refractivity contribution in [3.05, 3.63) is 35.9 Å². The van der Waals surface area contributed by atoms with Crippen LogP contribution in [0.3, 0.4) is 0 Å². The van der Waals surface area contributed by atoms with E-state index in [2.05, 4.69) is 10.6 Å². The van der Waals surface area contributed by atoms with Crippen molar-refractivity contribution in [3.8, 4) is 0 Å². The molecular weight excluding hydrogens is 474 g/mol. The molecule has 0 aliphatic heterocycles. The van der Waals surface area contributed by atoms with Gasteiger partial charge in [0.25, 0.3) is 0 Å². The minimum absolute atomic E-state index is 0.0439. The summed E-state index contributed by atoms with van der Waals surface area (Å²) in [5.74, 6) is -1.58. The Morgan fingerprint density at radius 2 is 1.68 bits per heavy atom. The fourth-order valence-corrected chi connectivity index (χ4v) is 3.86. The van der Waals surface area contributed by atoms with Gasteiger partial charge in [-0.15, -0.1) is 0 Å². The van der Waals surface area contributed by atoms with Gasteiger partial charge in [-0.05, 0) is 57.9 Å². The van der Waals surface area contributed by atoms with Crippen LogP contribution >= 0.6 is 0 Å². The fraction of sp³-hybridized carbons (Fsp3) is 0.643. The van der Waals surface area contributed by atoms with Crippen molar-refractivity contribution < 1.29 is 28.7 Å². The second kappa shape index (κ2) is 16.0. The predicted octanol–water partition coefficient (Wildman–Crippen LogP) is 3.53. The maximum absolute atomic E-state index is 13.2. The van der Waals surface area contributed by atoms with E-state index in [4.69, 9.17) is 15.2 Å². The lowest BCUT2D eigenvalue weighted by Crippen LogP contribution is -2.50. The number of rotatable bonds is 15. The van der Waals surface area contributed by atoms with Crippen LogP contribution in [-0.2, 0) is 30.3 Å². The number of unbranched alkanes of at least 4 members (excludes halogenated alkanes) is 1. The first-order valence-electron chi connectivity index (χ1n) is 13.0. The van der Waals surface area contributed by atoms with Crippen LogP contribution in [0.1, 0.15) is 72.3 Å². The van der Waals surface area contributed by atoms with Gasteiger partial charge in [-0.3, -0.25) is 14.4 Å². The van der Waals surface area contributed by atoms with Gasteiger partial charge in [0.05, 0.1) is 25.1 Å². The molecule has 2 amide bonds. The zero-order valence-corrected chi connectivity index (χ0v) is 23.2. The Kier molecular flexibility index (Phi) is 13.9. The largest absolute Gasteiger partial charge is 0.469 e. The molecule has 0 bridgehead atoms. The molecule has 3 atom stereocenters. The van der Waals surface area contributed by atoms with E-state index in [0.29, 0.717) is 38.6 Å². The lowest BCUT2D eigenvalue weighted by molar-refractivity contribution is -0.147. The first-order chi connectivity index (χ1) is 17.3. The quantitative estimate of drug-likeness (QED) is 0.238. The number of carbonyl (C=O) groups excluding carboxylic acids is 4. The third kappa shape index (κ3) is 13.8. The highest BCUT2D eigenvalue weighted by molar-refractivity contribution is 5.92. The van der Waals surface area contributed by atoms with Gasteiger partial charge in [0.1, 0.15) is 5.60 Å². The van der Waals surface area contributed by atoms with E-state index in [1.165, 1.54) is 7.11 Å². The number of alkyl carbamates (subject to hydrolysis) is 1. The molecular formula is C28H45N3O6. The molecule has 1 rings (SSSR count). The highest BCUT2D eigenvalue weighted by atomic mass is 16.6. The molecule has 4 N–H and O–H groups in total. The molecule has 0 saturated carbocycles. The third-order valence-corrected chi connectivity index (χ3v) is 5.68. The molecule has 0 fully saturated rings. The van der Waals surface area contributed by atoms with E-state index >= 15 is 0 Å². The summed E-state index contributed by atoms with van der Waals surface area (Å²) in [6.07, 6.45) is 1.90. The zero-order valence-electron chi connectivity index (χ0n) is 23.2. The molecule has 208 valence electrons. The molecule has 0 radical (unpaired) electrons. The van der Waals surface area contributed by atoms with Crippen LogP contribution in [0.2, 0.25) is 0 Å². The molecule has 0 aliphatic carbocycles. The molecule has 0 heterocycles. The average molecular weight is 520 g/mol. The maximum atomic E-state index is 13.2. The Bertz CT molecular complexity index is 866.